The molecule has 2 unspecified atom stereocenters. The van der Waals surface area contributed by atoms with Crippen LogP contribution in [0, 0.1) is 0 Å². The van der Waals surface area contributed by atoms with Crippen molar-refractivity contribution in [2.75, 3.05) is 79.9 Å². The number of ether oxygens (including phenoxy) is 2. The molecule has 0 radical (unpaired) electrons. The number of rotatable bonds is 12. The Morgan fingerprint density at radius 3 is 1.41 bits per heavy atom. The lowest BCUT2D eigenvalue weighted by molar-refractivity contribution is 0.0376. The van der Waals surface area contributed by atoms with Crippen molar-refractivity contribution in [1.82, 2.24) is 9.80 Å². The third kappa shape index (κ3) is 8.59. The minimum absolute atomic E-state index is 0.854. The van der Waals surface area contributed by atoms with E-state index in [1.807, 2.05) is 0 Å². The molecule has 0 aliphatic carbocycles. The number of hydrogen-bond donors (Lipinski definition) is 0. The molecule has 2 aliphatic rings. The van der Waals surface area contributed by atoms with Gasteiger partial charge in [-0.3, -0.25) is 9.80 Å². The third-order valence-electron chi connectivity index (χ3n) is 5.71. The first kappa shape index (κ1) is 23.4. The second-order valence-corrected chi connectivity index (χ2v) is 15.1. The van der Waals surface area contributed by atoms with Gasteiger partial charge in [-0.15, -0.1) is 0 Å². The van der Waals surface area contributed by atoms with E-state index in [2.05, 4.69) is 22.9 Å². The van der Waals surface area contributed by atoms with Gasteiger partial charge in [-0.1, -0.05) is 0 Å². The van der Waals surface area contributed by atoms with E-state index in [0.29, 0.717) is 0 Å². The summed E-state index contributed by atoms with van der Waals surface area (Å²) in [5.74, 6) is 0. The van der Waals surface area contributed by atoms with Gasteiger partial charge in [0.1, 0.15) is 0 Å². The smallest absolute Gasteiger partial charge is 0.325 e. The Hall–Kier alpha value is 0.154. The number of nitrogens with zero attached hydrogens (tertiary/aromatic N) is 2. The fourth-order valence-corrected chi connectivity index (χ4v) is 10.9. The van der Waals surface area contributed by atoms with E-state index in [9.17, 15) is 0 Å². The Balaban J connectivity index is 1.74. The van der Waals surface area contributed by atoms with Crippen molar-refractivity contribution in [3.63, 3.8) is 0 Å². The Bertz CT molecular complexity index is 375. The van der Waals surface area contributed by atoms with Gasteiger partial charge >= 0.3 is 17.1 Å². The third-order valence-corrected chi connectivity index (χ3v) is 13.4. The van der Waals surface area contributed by atoms with Gasteiger partial charge in [0.15, 0.2) is 0 Å². The molecule has 2 fully saturated rings. The van der Waals surface area contributed by atoms with Gasteiger partial charge in [0.2, 0.25) is 0 Å². The average molecular weight is 421 g/mol. The van der Waals surface area contributed by atoms with Crippen LogP contribution in [0.3, 0.4) is 0 Å². The molecule has 7 nitrogen and oxygen atoms in total. The Kier molecular flexibility index (Phi) is 10.4. The predicted octanol–water partition coefficient (Wildman–Crippen LogP) is 1.88. The summed E-state index contributed by atoms with van der Waals surface area (Å²) in [5, 5.41) is 0. The van der Waals surface area contributed by atoms with Crippen LogP contribution in [0.4, 0.5) is 0 Å². The predicted molar refractivity (Wildman–Crippen MR) is 112 cm³/mol. The zero-order chi connectivity index (χ0) is 19.6. The zero-order valence-electron chi connectivity index (χ0n) is 17.8. The highest BCUT2D eigenvalue weighted by atomic mass is 28.5. The summed E-state index contributed by atoms with van der Waals surface area (Å²) in [6.07, 6.45) is 2.22. The van der Waals surface area contributed by atoms with Crippen molar-refractivity contribution in [2.24, 2.45) is 0 Å². The first-order chi connectivity index (χ1) is 13.0. The summed E-state index contributed by atoms with van der Waals surface area (Å²) in [5.41, 5.74) is 0. The average Bonchev–Trinajstić information content (AvgIpc) is 2.69. The molecule has 0 aromatic rings. The molecule has 0 bridgehead atoms. The fraction of sp³-hybridized carbons (Fsp3) is 1.00. The van der Waals surface area contributed by atoms with Crippen molar-refractivity contribution in [3.8, 4) is 0 Å². The molecule has 0 N–H and O–H groups in total. The van der Waals surface area contributed by atoms with Gasteiger partial charge in [-0.05, 0) is 51.1 Å². The van der Waals surface area contributed by atoms with E-state index >= 15 is 0 Å². The minimum atomic E-state index is -2.21. The lowest BCUT2D eigenvalue weighted by Crippen LogP contribution is -2.51. The summed E-state index contributed by atoms with van der Waals surface area (Å²) in [7, 11) is -0.808. The van der Waals surface area contributed by atoms with Crippen molar-refractivity contribution in [2.45, 2.75) is 38.0 Å². The Morgan fingerprint density at radius 2 is 1.07 bits per heavy atom. The molecule has 2 aliphatic heterocycles. The molecule has 0 amide bonds. The highest BCUT2D eigenvalue weighted by Gasteiger charge is 2.41. The second kappa shape index (κ2) is 12.0. The summed E-state index contributed by atoms with van der Waals surface area (Å²) in [6.45, 7) is 14.2. The molecule has 27 heavy (non-hydrogen) atoms. The topological polar surface area (TPSA) is 52.6 Å². The van der Waals surface area contributed by atoms with E-state index in [-0.39, 0.29) is 0 Å². The van der Waals surface area contributed by atoms with Gasteiger partial charge < -0.3 is 22.4 Å². The van der Waals surface area contributed by atoms with Crippen LogP contribution >= 0.6 is 0 Å². The van der Waals surface area contributed by atoms with Crippen molar-refractivity contribution in [1.29, 1.82) is 0 Å². The van der Waals surface area contributed by atoms with E-state index in [1.165, 1.54) is 0 Å². The highest BCUT2D eigenvalue weighted by Crippen LogP contribution is 2.25. The molecule has 0 aromatic carbocycles. The van der Waals surface area contributed by atoms with Crippen molar-refractivity contribution in [3.05, 3.63) is 0 Å². The summed E-state index contributed by atoms with van der Waals surface area (Å²) < 4.78 is 29.3. The van der Waals surface area contributed by atoms with Crippen LogP contribution in [-0.4, -0.2) is 107 Å². The van der Waals surface area contributed by atoms with Crippen LogP contribution in [0.25, 0.3) is 0 Å². The van der Waals surface area contributed by atoms with Gasteiger partial charge in [0.05, 0.1) is 26.4 Å². The highest BCUT2D eigenvalue weighted by molar-refractivity contribution is 6.80. The quantitative estimate of drug-likeness (QED) is 0.447. The molecule has 0 spiro atoms. The monoisotopic (exact) mass is 420 g/mol. The molecule has 2 saturated heterocycles. The second-order valence-electron chi connectivity index (χ2n) is 7.89. The van der Waals surface area contributed by atoms with Crippen LogP contribution < -0.4 is 0 Å². The molecular formula is C18H40N2O5Si2. The molecular weight excluding hydrogens is 380 g/mol. The lowest BCUT2D eigenvalue weighted by atomic mass is 10.3. The first-order valence-corrected chi connectivity index (χ1v) is 15.4. The van der Waals surface area contributed by atoms with E-state index in [1.54, 1.807) is 14.2 Å². The Morgan fingerprint density at radius 1 is 0.704 bits per heavy atom. The molecule has 9 heteroatoms. The molecule has 0 saturated carbocycles. The van der Waals surface area contributed by atoms with Crippen LogP contribution in [0.1, 0.15) is 12.8 Å². The SMILES string of the molecule is CO[Si](C)(CCCN1CCOCC1)O[Si](C)(CCCN1CCOCC1)OC. The van der Waals surface area contributed by atoms with Crippen LogP contribution in [0.5, 0.6) is 0 Å². The molecule has 2 atom stereocenters. The maximum atomic E-state index is 6.65. The van der Waals surface area contributed by atoms with E-state index in [4.69, 9.17) is 22.4 Å². The number of hydrogen-bond acceptors (Lipinski definition) is 7. The van der Waals surface area contributed by atoms with Crippen LogP contribution in [0.2, 0.25) is 25.2 Å². The summed E-state index contributed by atoms with van der Waals surface area (Å²) >= 11 is 0. The Labute approximate surface area is 167 Å². The minimum Gasteiger partial charge on any atom is -0.415 e. The molecule has 2 heterocycles. The molecule has 0 aromatic heterocycles. The standard InChI is InChI=1S/C18H40N2O5Si2/c1-21-26(3,17-5-7-19-9-13-23-14-10-19)25-27(4,22-2)18-6-8-20-11-15-24-16-12-20/h5-18H2,1-4H3. The molecule has 2 rings (SSSR count). The van der Waals surface area contributed by atoms with E-state index < -0.39 is 17.1 Å². The van der Waals surface area contributed by atoms with Crippen molar-refractivity contribution >= 4 is 17.1 Å². The zero-order valence-corrected chi connectivity index (χ0v) is 19.8. The van der Waals surface area contributed by atoms with Gasteiger partial charge in [-0.25, -0.2) is 0 Å². The fourth-order valence-electron chi connectivity index (χ4n) is 3.74. The summed E-state index contributed by atoms with van der Waals surface area (Å²) in [6, 6.07) is 2.02. The van der Waals surface area contributed by atoms with Gasteiger partial charge in [0, 0.05) is 40.4 Å². The first-order valence-electron chi connectivity index (χ1n) is 10.4. The maximum absolute atomic E-state index is 6.65. The normalized spacial score (nSPS) is 24.4. The van der Waals surface area contributed by atoms with Gasteiger partial charge in [0.25, 0.3) is 0 Å². The lowest BCUT2D eigenvalue weighted by Gasteiger charge is -2.36. The number of morpholine rings is 2. The van der Waals surface area contributed by atoms with E-state index in [0.717, 1.165) is 90.6 Å². The summed E-state index contributed by atoms with van der Waals surface area (Å²) in [4.78, 5) is 4.95. The van der Waals surface area contributed by atoms with Crippen molar-refractivity contribution < 1.29 is 22.4 Å². The van der Waals surface area contributed by atoms with Gasteiger partial charge in [-0.2, -0.15) is 0 Å². The van der Waals surface area contributed by atoms with Crippen LogP contribution in [0.15, 0.2) is 0 Å². The maximum Gasteiger partial charge on any atom is 0.325 e. The van der Waals surface area contributed by atoms with Crippen LogP contribution in [-0.2, 0) is 22.4 Å². The largest absolute Gasteiger partial charge is 0.415 e. The molecule has 160 valence electrons.